The van der Waals surface area contributed by atoms with Crippen LogP contribution in [0.5, 0.6) is 0 Å². The van der Waals surface area contributed by atoms with E-state index in [9.17, 15) is 9.90 Å². The number of hydrogen-bond donors (Lipinski definition) is 1. The number of esters is 1. The Morgan fingerprint density at radius 2 is 1.96 bits per heavy atom. The van der Waals surface area contributed by atoms with Gasteiger partial charge in [-0.2, -0.15) is 0 Å². The van der Waals surface area contributed by atoms with E-state index in [0.29, 0.717) is 12.3 Å². The van der Waals surface area contributed by atoms with Gasteiger partial charge < -0.3 is 9.84 Å². The molecule has 0 aliphatic heterocycles. The summed E-state index contributed by atoms with van der Waals surface area (Å²) in [5.41, 5.74) is 1.10. The van der Waals surface area contributed by atoms with E-state index < -0.39 is 11.2 Å². The summed E-state index contributed by atoms with van der Waals surface area (Å²) in [6, 6.07) is 10.4. The van der Waals surface area contributed by atoms with Crippen LogP contribution < -0.4 is 0 Å². The summed E-state index contributed by atoms with van der Waals surface area (Å²) in [4.78, 5) is 12.2. The summed E-state index contributed by atoms with van der Waals surface area (Å²) in [6.07, 6.45) is 4.96. The third-order valence-corrected chi connectivity index (χ3v) is 4.91. The number of rotatable bonds is 3. The maximum Gasteiger partial charge on any atom is 0.309 e. The predicted molar refractivity (Wildman–Crippen MR) is 90.7 cm³/mol. The van der Waals surface area contributed by atoms with Gasteiger partial charge >= 0.3 is 5.97 Å². The number of fused-ring (bicyclic) bond motifs is 2. The standard InChI is InChI=1S/C20H26O3/c1-19(2,3)23-18(21)13-20(22)12-15-9-10-16(20)11-17(15)14-7-5-4-6-8-14/h4-8,11,15-16,22H,9-10,12-13H2,1-3H3/t15-,16-,20+/m1/s1. The minimum absolute atomic E-state index is 0.0372. The molecule has 124 valence electrons. The molecule has 3 aliphatic rings. The molecule has 3 aliphatic carbocycles. The van der Waals surface area contributed by atoms with E-state index in [1.165, 1.54) is 11.1 Å². The molecule has 0 saturated heterocycles. The van der Waals surface area contributed by atoms with Crippen molar-refractivity contribution in [2.75, 3.05) is 0 Å². The second-order valence-corrected chi connectivity index (χ2v) is 7.94. The number of allylic oxidation sites excluding steroid dienone is 1. The average molecular weight is 314 g/mol. The highest BCUT2D eigenvalue weighted by atomic mass is 16.6. The highest BCUT2D eigenvalue weighted by Gasteiger charge is 2.48. The zero-order valence-electron chi connectivity index (χ0n) is 14.2. The average Bonchev–Trinajstić information content (AvgIpc) is 2.46. The van der Waals surface area contributed by atoms with Gasteiger partial charge in [-0.25, -0.2) is 0 Å². The number of ether oxygens (including phenoxy) is 1. The molecule has 1 aromatic rings. The van der Waals surface area contributed by atoms with Crippen molar-refractivity contribution in [1.82, 2.24) is 0 Å². The van der Waals surface area contributed by atoms with Crippen LogP contribution in [0, 0.1) is 11.8 Å². The lowest BCUT2D eigenvalue weighted by molar-refractivity contribution is -0.164. The Kier molecular flexibility index (Phi) is 4.09. The highest BCUT2D eigenvalue weighted by Crippen LogP contribution is 2.51. The third-order valence-electron chi connectivity index (χ3n) is 4.91. The molecule has 1 aromatic carbocycles. The van der Waals surface area contributed by atoms with Gasteiger partial charge in [0.15, 0.2) is 0 Å². The first-order valence-electron chi connectivity index (χ1n) is 8.48. The summed E-state index contributed by atoms with van der Waals surface area (Å²) in [5, 5.41) is 11.0. The monoisotopic (exact) mass is 314 g/mol. The van der Waals surface area contributed by atoms with Crippen molar-refractivity contribution >= 4 is 11.5 Å². The van der Waals surface area contributed by atoms with Crippen LogP contribution in [0.4, 0.5) is 0 Å². The molecule has 3 nitrogen and oxygen atoms in total. The SMILES string of the molecule is CC(C)(C)OC(=O)C[C@@]1(O)C[C@H]2CC[C@@H]1C=C2c1ccccc1. The summed E-state index contributed by atoms with van der Waals surface area (Å²) in [5.74, 6) is 0.0623. The highest BCUT2D eigenvalue weighted by molar-refractivity contribution is 5.74. The summed E-state index contributed by atoms with van der Waals surface area (Å²) < 4.78 is 5.41. The Balaban J connectivity index is 1.78. The Morgan fingerprint density at radius 1 is 1.26 bits per heavy atom. The van der Waals surface area contributed by atoms with Crippen LogP contribution in [0.15, 0.2) is 36.4 Å². The van der Waals surface area contributed by atoms with Gasteiger partial charge in [0, 0.05) is 5.92 Å². The Hall–Kier alpha value is -1.61. The molecule has 0 amide bonds. The minimum Gasteiger partial charge on any atom is -0.460 e. The van der Waals surface area contributed by atoms with Crippen LogP contribution in [0.1, 0.15) is 52.0 Å². The molecule has 4 rings (SSSR count). The molecule has 0 radical (unpaired) electrons. The molecule has 0 heterocycles. The molecule has 3 atom stereocenters. The molecule has 3 heteroatoms. The lowest BCUT2D eigenvalue weighted by Crippen LogP contribution is -2.48. The molecule has 1 N–H and O–H groups in total. The van der Waals surface area contributed by atoms with Crippen molar-refractivity contribution in [2.45, 2.75) is 57.7 Å². The number of hydrogen-bond acceptors (Lipinski definition) is 3. The van der Waals surface area contributed by atoms with Gasteiger partial charge in [-0.15, -0.1) is 0 Å². The van der Waals surface area contributed by atoms with Crippen molar-refractivity contribution in [3.8, 4) is 0 Å². The lowest BCUT2D eigenvalue weighted by Gasteiger charge is -2.47. The molecule has 1 saturated carbocycles. The largest absolute Gasteiger partial charge is 0.460 e. The zero-order chi connectivity index (χ0) is 16.7. The number of aliphatic hydroxyl groups is 1. The fourth-order valence-corrected chi connectivity index (χ4v) is 3.98. The van der Waals surface area contributed by atoms with Gasteiger partial charge in [0.25, 0.3) is 0 Å². The van der Waals surface area contributed by atoms with Crippen molar-refractivity contribution in [1.29, 1.82) is 0 Å². The van der Waals surface area contributed by atoms with E-state index in [2.05, 4.69) is 18.2 Å². The Bertz CT molecular complexity index is 612. The van der Waals surface area contributed by atoms with Crippen molar-refractivity contribution in [3.63, 3.8) is 0 Å². The van der Waals surface area contributed by atoms with Gasteiger partial charge in [0.1, 0.15) is 5.60 Å². The van der Waals surface area contributed by atoms with Crippen LogP contribution >= 0.6 is 0 Å². The summed E-state index contributed by atoms with van der Waals surface area (Å²) >= 11 is 0. The minimum atomic E-state index is -0.955. The zero-order valence-corrected chi connectivity index (χ0v) is 14.2. The fraction of sp³-hybridized carbons (Fsp3) is 0.550. The van der Waals surface area contributed by atoms with Crippen LogP contribution in [-0.4, -0.2) is 22.3 Å². The molecular formula is C20H26O3. The Labute approximate surface area is 138 Å². The summed E-state index contributed by atoms with van der Waals surface area (Å²) in [7, 11) is 0. The van der Waals surface area contributed by atoms with E-state index in [1.807, 2.05) is 39.0 Å². The first-order chi connectivity index (χ1) is 10.8. The van der Waals surface area contributed by atoms with Crippen molar-refractivity contribution < 1.29 is 14.6 Å². The molecule has 23 heavy (non-hydrogen) atoms. The maximum absolute atomic E-state index is 12.2. The molecule has 0 aromatic heterocycles. The second-order valence-electron chi connectivity index (χ2n) is 7.94. The fourth-order valence-electron chi connectivity index (χ4n) is 3.98. The molecule has 1 fully saturated rings. The predicted octanol–water partition coefficient (Wildman–Crippen LogP) is 3.96. The summed E-state index contributed by atoms with van der Waals surface area (Å²) in [6.45, 7) is 5.57. The number of benzene rings is 1. The van der Waals surface area contributed by atoms with Gasteiger partial charge in [0.05, 0.1) is 12.0 Å². The van der Waals surface area contributed by atoms with E-state index in [-0.39, 0.29) is 18.3 Å². The first kappa shape index (κ1) is 16.3. The van der Waals surface area contributed by atoms with E-state index in [0.717, 1.165) is 12.8 Å². The smallest absolute Gasteiger partial charge is 0.309 e. The van der Waals surface area contributed by atoms with E-state index >= 15 is 0 Å². The third kappa shape index (κ3) is 3.50. The Morgan fingerprint density at radius 3 is 2.52 bits per heavy atom. The van der Waals surface area contributed by atoms with Crippen LogP contribution in [-0.2, 0) is 9.53 Å². The molecular weight excluding hydrogens is 288 g/mol. The van der Waals surface area contributed by atoms with E-state index in [1.54, 1.807) is 0 Å². The van der Waals surface area contributed by atoms with Gasteiger partial charge in [-0.1, -0.05) is 36.4 Å². The molecule has 2 bridgehead atoms. The van der Waals surface area contributed by atoms with Gasteiger partial charge in [-0.05, 0) is 57.1 Å². The van der Waals surface area contributed by atoms with Crippen molar-refractivity contribution in [3.05, 3.63) is 42.0 Å². The second kappa shape index (κ2) is 5.79. The maximum atomic E-state index is 12.2. The van der Waals surface area contributed by atoms with Gasteiger partial charge in [0.2, 0.25) is 0 Å². The van der Waals surface area contributed by atoms with Crippen LogP contribution in [0.3, 0.4) is 0 Å². The van der Waals surface area contributed by atoms with Crippen molar-refractivity contribution in [2.24, 2.45) is 11.8 Å². The number of carbonyl (C=O) groups excluding carboxylic acids is 1. The first-order valence-corrected chi connectivity index (χ1v) is 8.48. The van der Waals surface area contributed by atoms with Gasteiger partial charge in [-0.3, -0.25) is 4.79 Å². The molecule has 0 unspecified atom stereocenters. The quantitative estimate of drug-likeness (QED) is 0.859. The van der Waals surface area contributed by atoms with E-state index in [4.69, 9.17) is 4.74 Å². The lowest BCUT2D eigenvalue weighted by atomic mass is 9.61. The topological polar surface area (TPSA) is 46.5 Å². The van der Waals surface area contributed by atoms with Crippen LogP contribution in [0.2, 0.25) is 0 Å². The molecule has 0 spiro atoms. The number of carbonyl (C=O) groups is 1. The normalized spacial score (nSPS) is 30.0. The van der Waals surface area contributed by atoms with Crippen LogP contribution in [0.25, 0.3) is 5.57 Å².